The fourth-order valence-corrected chi connectivity index (χ4v) is 2.89. The number of benzene rings is 2. The topological polar surface area (TPSA) is 77.1 Å². The molecule has 0 aromatic heterocycles. The molecule has 2 amide bonds. The molecule has 1 N–H and O–H groups in total. The van der Waals surface area contributed by atoms with Crippen LogP contribution in [-0.2, 0) is 9.53 Å². The van der Waals surface area contributed by atoms with E-state index in [2.05, 4.69) is 5.32 Å². The second kappa shape index (κ2) is 8.55. The zero-order valence-electron chi connectivity index (χ0n) is 15.3. The highest BCUT2D eigenvalue weighted by Crippen LogP contribution is 2.27. The molecular weight excluding hydrogens is 348 g/mol. The molecule has 1 unspecified atom stereocenters. The lowest BCUT2D eigenvalue weighted by Crippen LogP contribution is -2.50. The van der Waals surface area contributed by atoms with E-state index in [4.69, 9.17) is 14.2 Å². The van der Waals surface area contributed by atoms with Crippen LogP contribution in [0.5, 0.6) is 11.5 Å². The smallest absolute Gasteiger partial charge is 0.253 e. The molecule has 2 aromatic carbocycles. The predicted octanol–water partition coefficient (Wildman–Crippen LogP) is 1.87. The van der Waals surface area contributed by atoms with Gasteiger partial charge in [0.15, 0.2) is 11.5 Å². The fraction of sp³-hybridized carbons (Fsp3) is 0.300. The Morgan fingerprint density at radius 3 is 2.59 bits per heavy atom. The Balaban J connectivity index is 1.61. The zero-order chi connectivity index (χ0) is 19.2. The van der Waals surface area contributed by atoms with Gasteiger partial charge in [-0.3, -0.25) is 9.59 Å². The summed E-state index contributed by atoms with van der Waals surface area (Å²) >= 11 is 0. The third kappa shape index (κ3) is 4.38. The Morgan fingerprint density at radius 1 is 1.15 bits per heavy atom. The Bertz CT molecular complexity index is 809. The van der Waals surface area contributed by atoms with Crippen molar-refractivity contribution in [3.05, 3.63) is 54.1 Å². The highest BCUT2D eigenvalue weighted by molar-refractivity contribution is 5.96. The van der Waals surface area contributed by atoms with E-state index in [1.54, 1.807) is 23.1 Å². The number of hydrogen-bond donors (Lipinski definition) is 1. The van der Waals surface area contributed by atoms with Gasteiger partial charge in [0.05, 0.1) is 26.9 Å². The first kappa shape index (κ1) is 18.7. The van der Waals surface area contributed by atoms with E-state index in [1.807, 2.05) is 30.3 Å². The first-order valence-electron chi connectivity index (χ1n) is 8.59. The van der Waals surface area contributed by atoms with Gasteiger partial charge in [-0.15, -0.1) is 0 Å². The van der Waals surface area contributed by atoms with E-state index < -0.39 is 0 Å². The Kier molecular flexibility index (Phi) is 5.93. The molecule has 1 heterocycles. The molecular formula is C20H22N2O5. The van der Waals surface area contributed by atoms with Crippen molar-refractivity contribution in [3.63, 3.8) is 0 Å². The number of carbonyl (C=O) groups excluding carboxylic acids is 2. The summed E-state index contributed by atoms with van der Waals surface area (Å²) < 4.78 is 16.0. The van der Waals surface area contributed by atoms with Crippen LogP contribution in [0, 0.1) is 0 Å². The van der Waals surface area contributed by atoms with Gasteiger partial charge in [0, 0.05) is 17.8 Å². The van der Waals surface area contributed by atoms with Crippen molar-refractivity contribution in [3.8, 4) is 11.5 Å². The summed E-state index contributed by atoms with van der Waals surface area (Å²) in [5, 5.41) is 2.85. The van der Waals surface area contributed by atoms with Gasteiger partial charge in [-0.05, 0) is 30.3 Å². The zero-order valence-corrected chi connectivity index (χ0v) is 15.3. The second-order valence-electron chi connectivity index (χ2n) is 6.05. The molecule has 0 aliphatic carbocycles. The van der Waals surface area contributed by atoms with Crippen LogP contribution in [0.2, 0.25) is 0 Å². The third-order valence-electron chi connectivity index (χ3n) is 4.33. The van der Waals surface area contributed by atoms with E-state index in [1.165, 1.54) is 14.2 Å². The maximum atomic E-state index is 12.4. The molecule has 1 atom stereocenters. The minimum absolute atomic E-state index is 0.00814. The number of ether oxygens (including phenoxy) is 3. The highest BCUT2D eigenvalue weighted by atomic mass is 16.5. The number of morpholine rings is 1. The van der Waals surface area contributed by atoms with Gasteiger partial charge >= 0.3 is 0 Å². The van der Waals surface area contributed by atoms with Crippen LogP contribution in [-0.4, -0.2) is 51.8 Å². The number of carbonyl (C=O) groups is 2. The van der Waals surface area contributed by atoms with Gasteiger partial charge in [-0.2, -0.15) is 0 Å². The number of nitrogens with one attached hydrogen (secondary N) is 1. The SMILES string of the molecule is COc1ccc(C(=O)NCC2CN(c3ccccc3)C(=O)CO2)cc1OC. The minimum Gasteiger partial charge on any atom is -0.493 e. The van der Waals surface area contributed by atoms with Gasteiger partial charge in [0.2, 0.25) is 0 Å². The Hall–Kier alpha value is -3.06. The summed E-state index contributed by atoms with van der Waals surface area (Å²) in [7, 11) is 3.06. The number of hydrogen-bond acceptors (Lipinski definition) is 5. The molecule has 7 nitrogen and oxygen atoms in total. The van der Waals surface area contributed by atoms with Crippen molar-refractivity contribution in [2.45, 2.75) is 6.10 Å². The number of nitrogens with zero attached hydrogens (tertiary/aromatic N) is 1. The minimum atomic E-state index is -0.285. The maximum Gasteiger partial charge on any atom is 0.253 e. The molecule has 2 aromatic rings. The molecule has 3 rings (SSSR count). The lowest BCUT2D eigenvalue weighted by atomic mass is 10.1. The van der Waals surface area contributed by atoms with E-state index in [-0.39, 0.29) is 24.5 Å². The lowest BCUT2D eigenvalue weighted by molar-refractivity contribution is -0.129. The van der Waals surface area contributed by atoms with Crippen molar-refractivity contribution < 1.29 is 23.8 Å². The van der Waals surface area contributed by atoms with Crippen LogP contribution < -0.4 is 19.7 Å². The molecule has 27 heavy (non-hydrogen) atoms. The van der Waals surface area contributed by atoms with Gasteiger partial charge in [0.1, 0.15) is 6.61 Å². The van der Waals surface area contributed by atoms with Crippen molar-refractivity contribution in [1.82, 2.24) is 5.32 Å². The van der Waals surface area contributed by atoms with Crippen molar-refractivity contribution in [2.24, 2.45) is 0 Å². The fourth-order valence-electron chi connectivity index (χ4n) is 2.89. The number of amides is 2. The first-order chi connectivity index (χ1) is 13.1. The molecule has 0 bridgehead atoms. The summed E-state index contributed by atoms with van der Waals surface area (Å²) in [6, 6.07) is 14.4. The quantitative estimate of drug-likeness (QED) is 0.840. The normalized spacial score (nSPS) is 16.7. The molecule has 1 aliphatic rings. The third-order valence-corrected chi connectivity index (χ3v) is 4.33. The summed E-state index contributed by atoms with van der Waals surface area (Å²) in [5.74, 6) is 0.702. The lowest BCUT2D eigenvalue weighted by Gasteiger charge is -2.32. The van der Waals surface area contributed by atoms with Gasteiger partial charge in [0.25, 0.3) is 11.8 Å². The van der Waals surface area contributed by atoms with Crippen LogP contribution in [0.4, 0.5) is 5.69 Å². The highest BCUT2D eigenvalue weighted by Gasteiger charge is 2.27. The molecule has 1 aliphatic heterocycles. The second-order valence-corrected chi connectivity index (χ2v) is 6.05. The maximum absolute atomic E-state index is 12.4. The number of rotatable bonds is 6. The van der Waals surface area contributed by atoms with Crippen LogP contribution in [0.15, 0.2) is 48.5 Å². The molecule has 7 heteroatoms. The average molecular weight is 370 g/mol. The van der Waals surface area contributed by atoms with Crippen molar-refractivity contribution in [2.75, 3.05) is 38.8 Å². The predicted molar refractivity (Wildman–Crippen MR) is 100 cm³/mol. The van der Waals surface area contributed by atoms with Crippen molar-refractivity contribution in [1.29, 1.82) is 0 Å². The molecule has 0 saturated carbocycles. The van der Waals surface area contributed by atoms with E-state index in [9.17, 15) is 9.59 Å². The van der Waals surface area contributed by atoms with Crippen LogP contribution in [0.3, 0.4) is 0 Å². The standard InChI is InChI=1S/C20H22N2O5/c1-25-17-9-8-14(10-18(17)26-2)20(24)21-11-16-12-22(19(23)13-27-16)15-6-4-3-5-7-15/h3-10,16H,11-13H2,1-2H3,(H,21,24). The summed E-state index contributed by atoms with van der Waals surface area (Å²) in [6.45, 7) is 0.671. The largest absolute Gasteiger partial charge is 0.493 e. The number of anilines is 1. The van der Waals surface area contributed by atoms with E-state index in [0.29, 0.717) is 30.2 Å². The van der Waals surface area contributed by atoms with Crippen LogP contribution in [0.25, 0.3) is 0 Å². The average Bonchev–Trinajstić information content (AvgIpc) is 2.73. The van der Waals surface area contributed by atoms with E-state index >= 15 is 0 Å². The monoisotopic (exact) mass is 370 g/mol. The first-order valence-corrected chi connectivity index (χ1v) is 8.59. The molecule has 0 radical (unpaired) electrons. The Morgan fingerprint density at radius 2 is 1.89 bits per heavy atom. The summed E-state index contributed by atoms with van der Waals surface area (Å²) in [5.41, 5.74) is 1.28. The molecule has 0 spiro atoms. The van der Waals surface area contributed by atoms with Crippen molar-refractivity contribution >= 4 is 17.5 Å². The molecule has 1 fully saturated rings. The Labute approximate surface area is 157 Å². The molecule has 142 valence electrons. The van der Waals surface area contributed by atoms with Gasteiger partial charge in [-0.25, -0.2) is 0 Å². The molecule has 1 saturated heterocycles. The van der Waals surface area contributed by atoms with Gasteiger partial charge < -0.3 is 24.4 Å². The summed E-state index contributed by atoms with van der Waals surface area (Å²) in [6.07, 6.45) is -0.285. The van der Waals surface area contributed by atoms with Crippen LogP contribution >= 0.6 is 0 Å². The van der Waals surface area contributed by atoms with Gasteiger partial charge in [-0.1, -0.05) is 18.2 Å². The van der Waals surface area contributed by atoms with Crippen LogP contribution in [0.1, 0.15) is 10.4 Å². The number of para-hydroxylation sites is 1. The van der Waals surface area contributed by atoms with E-state index in [0.717, 1.165) is 5.69 Å². The number of methoxy groups -OCH3 is 2. The summed E-state index contributed by atoms with van der Waals surface area (Å²) in [4.78, 5) is 26.2.